The standard InChI is InChI=1S/C14H19N3O4.C14H21N3O2/c18-17(19)14-10-12(15-1-5-20-6-2-15)9-13(11-14)16-3-7-21-8-4-16;15-12-9-13(16-1-5-18-6-2-16)11-14(10-12)17-3-7-19-8-4-17/h9-11H,1-8H2;9-11H,1-8,15H2. The van der Waals surface area contributed by atoms with Crippen LogP contribution in [0.1, 0.15) is 0 Å². The van der Waals surface area contributed by atoms with Crippen molar-refractivity contribution in [3.05, 3.63) is 46.5 Å². The first-order valence-electron chi connectivity index (χ1n) is 14.1. The molecule has 0 saturated carbocycles. The lowest BCUT2D eigenvalue weighted by Gasteiger charge is -2.32. The smallest absolute Gasteiger partial charge is 0.273 e. The van der Waals surface area contributed by atoms with Gasteiger partial charge in [-0.1, -0.05) is 0 Å². The van der Waals surface area contributed by atoms with Crippen LogP contribution in [-0.2, 0) is 18.9 Å². The van der Waals surface area contributed by atoms with Crippen LogP contribution in [0.15, 0.2) is 36.4 Å². The van der Waals surface area contributed by atoms with Crippen molar-refractivity contribution in [1.29, 1.82) is 0 Å². The van der Waals surface area contributed by atoms with E-state index in [-0.39, 0.29) is 10.6 Å². The zero-order chi connectivity index (χ0) is 27.7. The molecular weight excluding hydrogens is 516 g/mol. The number of morpholine rings is 4. The number of nitro groups is 1. The van der Waals surface area contributed by atoms with Crippen LogP contribution in [-0.4, -0.2) is 110 Å². The van der Waals surface area contributed by atoms with Gasteiger partial charge in [0.25, 0.3) is 5.69 Å². The molecule has 4 aliphatic rings. The molecule has 4 heterocycles. The van der Waals surface area contributed by atoms with Gasteiger partial charge in [0.15, 0.2) is 0 Å². The van der Waals surface area contributed by atoms with Crippen molar-refractivity contribution in [3.8, 4) is 0 Å². The quantitative estimate of drug-likeness (QED) is 0.332. The highest BCUT2D eigenvalue weighted by molar-refractivity contribution is 5.68. The molecular formula is C28H40N6O6. The number of hydrogen-bond donors (Lipinski definition) is 1. The molecule has 0 amide bonds. The molecule has 6 rings (SSSR count). The maximum absolute atomic E-state index is 11.2. The van der Waals surface area contributed by atoms with E-state index in [1.165, 1.54) is 11.4 Å². The van der Waals surface area contributed by atoms with Crippen molar-refractivity contribution in [1.82, 2.24) is 0 Å². The maximum Gasteiger partial charge on any atom is 0.273 e. The van der Waals surface area contributed by atoms with E-state index in [0.717, 1.165) is 95.8 Å². The van der Waals surface area contributed by atoms with Gasteiger partial charge >= 0.3 is 0 Å². The Hall–Kier alpha value is -3.32. The first kappa shape index (κ1) is 28.2. The Morgan fingerprint density at radius 2 is 0.800 bits per heavy atom. The zero-order valence-electron chi connectivity index (χ0n) is 23.0. The van der Waals surface area contributed by atoms with Crippen LogP contribution < -0.4 is 25.3 Å². The van der Waals surface area contributed by atoms with E-state index >= 15 is 0 Å². The number of nitro benzene ring substituents is 1. The Kier molecular flexibility index (Phi) is 9.76. The molecule has 0 bridgehead atoms. The average Bonchev–Trinajstić information content (AvgIpc) is 3.02. The summed E-state index contributed by atoms with van der Waals surface area (Å²) in [6.07, 6.45) is 0. The maximum atomic E-state index is 11.2. The Bertz CT molecular complexity index is 1040. The summed E-state index contributed by atoms with van der Waals surface area (Å²) in [5, 5.41) is 11.2. The third-order valence-corrected chi connectivity index (χ3v) is 7.53. The molecule has 0 atom stereocenters. The lowest BCUT2D eigenvalue weighted by molar-refractivity contribution is -0.384. The van der Waals surface area contributed by atoms with Gasteiger partial charge in [0, 0.05) is 92.9 Å². The predicted octanol–water partition coefficient (Wildman–Crippen LogP) is 2.21. The number of non-ortho nitro benzene ring substituents is 1. The molecule has 0 radical (unpaired) electrons. The van der Waals surface area contributed by atoms with Gasteiger partial charge in [-0.05, 0) is 24.3 Å². The van der Waals surface area contributed by atoms with Gasteiger partial charge in [-0.15, -0.1) is 0 Å². The monoisotopic (exact) mass is 556 g/mol. The molecule has 0 aliphatic carbocycles. The molecule has 12 heteroatoms. The summed E-state index contributed by atoms with van der Waals surface area (Å²) in [6.45, 7) is 12.6. The summed E-state index contributed by atoms with van der Waals surface area (Å²) in [5.74, 6) is 0. The average molecular weight is 557 g/mol. The van der Waals surface area contributed by atoms with Gasteiger partial charge < -0.3 is 44.3 Å². The van der Waals surface area contributed by atoms with Crippen LogP contribution in [0.4, 0.5) is 34.1 Å². The lowest BCUT2D eigenvalue weighted by Crippen LogP contribution is -2.38. The summed E-state index contributed by atoms with van der Waals surface area (Å²) in [4.78, 5) is 19.8. The minimum Gasteiger partial charge on any atom is -0.399 e. The van der Waals surface area contributed by atoms with E-state index in [0.29, 0.717) is 26.4 Å². The van der Waals surface area contributed by atoms with Gasteiger partial charge in [-0.25, -0.2) is 0 Å². The molecule has 40 heavy (non-hydrogen) atoms. The van der Waals surface area contributed by atoms with Crippen LogP contribution >= 0.6 is 0 Å². The molecule has 2 aromatic rings. The van der Waals surface area contributed by atoms with Crippen molar-refractivity contribution in [2.24, 2.45) is 0 Å². The van der Waals surface area contributed by atoms with Crippen LogP contribution in [0.3, 0.4) is 0 Å². The van der Waals surface area contributed by atoms with E-state index in [4.69, 9.17) is 24.7 Å². The molecule has 0 spiro atoms. The molecule has 218 valence electrons. The molecule has 0 aromatic heterocycles. The molecule has 12 nitrogen and oxygen atoms in total. The highest BCUT2D eigenvalue weighted by Crippen LogP contribution is 2.30. The second-order valence-electron chi connectivity index (χ2n) is 10.1. The van der Waals surface area contributed by atoms with E-state index in [9.17, 15) is 10.1 Å². The number of hydrogen-bond acceptors (Lipinski definition) is 11. The molecule has 0 unspecified atom stereocenters. The van der Waals surface area contributed by atoms with E-state index in [2.05, 4.69) is 37.8 Å². The topological polar surface area (TPSA) is 119 Å². The summed E-state index contributed by atoms with van der Waals surface area (Å²) in [7, 11) is 0. The van der Waals surface area contributed by atoms with Crippen molar-refractivity contribution >= 4 is 34.1 Å². The van der Waals surface area contributed by atoms with Crippen LogP contribution in [0, 0.1) is 10.1 Å². The Morgan fingerprint density at radius 1 is 0.525 bits per heavy atom. The SMILES string of the molecule is Nc1cc(N2CCOCC2)cc(N2CCOCC2)c1.O=[N+]([O-])c1cc(N2CCOCC2)cc(N2CCOCC2)c1. The van der Waals surface area contributed by atoms with E-state index < -0.39 is 0 Å². The van der Waals surface area contributed by atoms with Crippen molar-refractivity contribution in [2.45, 2.75) is 0 Å². The zero-order valence-corrected chi connectivity index (χ0v) is 23.0. The summed E-state index contributed by atoms with van der Waals surface area (Å²) < 4.78 is 21.5. The third kappa shape index (κ3) is 7.45. The second-order valence-corrected chi connectivity index (χ2v) is 10.1. The molecule has 2 N–H and O–H groups in total. The van der Waals surface area contributed by atoms with Gasteiger partial charge in [0.05, 0.1) is 57.8 Å². The fourth-order valence-corrected chi connectivity index (χ4v) is 5.32. The van der Waals surface area contributed by atoms with Crippen molar-refractivity contribution < 1.29 is 23.9 Å². The molecule has 4 aliphatic heterocycles. The fraction of sp³-hybridized carbons (Fsp3) is 0.571. The lowest BCUT2D eigenvalue weighted by atomic mass is 10.2. The number of anilines is 5. The number of rotatable bonds is 5. The van der Waals surface area contributed by atoms with Crippen LogP contribution in [0.5, 0.6) is 0 Å². The summed E-state index contributed by atoms with van der Waals surface area (Å²) >= 11 is 0. The summed E-state index contributed by atoms with van der Waals surface area (Å²) in [5.41, 5.74) is 11.2. The predicted molar refractivity (Wildman–Crippen MR) is 156 cm³/mol. The Morgan fingerprint density at radius 3 is 1.07 bits per heavy atom. The largest absolute Gasteiger partial charge is 0.399 e. The first-order chi connectivity index (χ1) is 19.6. The molecule has 4 saturated heterocycles. The highest BCUT2D eigenvalue weighted by atomic mass is 16.6. The second kappa shape index (κ2) is 13.8. The number of nitrogens with zero attached hydrogens (tertiary/aromatic N) is 5. The number of nitrogens with two attached hydrogens (primary N) is 1. The fourth-order valence-electron chi connectivity index (χ4n) is 5.32. The number of benzene rings is 2. The van der Waals surface area contributed by atoms with Crippen LogP contribution in [0.25, 0.3) is 0 Å². The van der Waals surface area contributed by atoms with Crippen molar-refractivity contribution in [2.75, 3.05) is 131 Å². The number of nitrogen functional groups attached to an aromatic ring is 1. The highest BCUT2D eigenvalue weighted by Gasteiger charge is 2.20. The Labute approximate surface area is 235 Å². The molecule has 2 aromatic carbocycles. The minimum absolute atomic E-state index is 0.139. The van der Waals surface area contributed by atoms with Gasteiger partial charge in [0.2, 0.25) is 0 Å². The first-order valence-corrected chi connectivity index (χ1v) is 14.1. The van der Waals surface area contributed by atoms with Gasteiger partial charge in [-0.2, -0.15) is 0 Å². The normalized spacial score (nSPS) is 20.1. The van der Waals surface area contributed by atoms with E-state index in [1.54, 1.807) is 12.1 Å². The Balaban J connectivity index is 0.000000162. The van der Waals surface area contributed by atoms with Crippen LogP contribution in [0.2, 0.25) is 0 Å². The van der Waals surface area contributed by atoms with Crippen molar-refractivity contribution in [3.63, 3.8) is 0 Å². The summed E-state index contributed by atoms with van der Waals surface area (Å²) in [6, 6.07) is 11.7. The molecule has 4 fully saturated rings. The number of ether oxygens (including phenoxy) is 4. The van der Waals surface area contributed by atoms with E-state index in [1.807, 2.05) is 6.07 Å². The minimum atomic E-state index is -0.326. The van der Waals surface area contributed by atoms with Gasteiger partial charge in [0.1, 0.15) is 0 Å². The third-order valence-electron chi connectivity index (χ3n) is 7.53. The van der Waals surface area contributed by atoms with Gasteiger partial charge in [-0.3, -0.25) is 10.1 Å².